The number of nitrogens with one attached hydrogen (secondary N) is 2. The van der Waals surface area contributed by atoms with Gasteiger partial charge in [0, 0.05) is 29.4 Å². The predicted molar refractivity (Wildman–Crippen MR) is 142 cm³/mol. The summed E-state index contributed by atoms with van der Waals surface area (Å²) in [4.78, 5) is 44.3. The summed E-state index contributed by atoms with van der Waals surface area (Å²) in [6.07, 6.45) is -2.24. The Morgan fingerprint density at radius 2 is 1.86 bits per heavy atom. The van der Waals surface area contributed by atoms with E-state index in [1.54, 1.807) is 20.8 Å². The van der Waals surface area contributed by atoms with Crippen molar-refractivity contribution in [2.24, 2.45) is 5.92 Å². The number of carbonyl (C=O) groups excluding carboxylic acids is 3. The van der Waals surface area contributed by atoms with E-state index in [4.69, 9.17) is 4.42 Å². The monoisotopic (exact) mass is 612 g/mol. The first-order chi connectivity index (χ1) is 20.2. The van der Waals surface area contributed by atoms with Crippen LogP contribution < -0.4 is 10.6 Å². The molecular weight excluding hydrogens is 583 g/mol. The number of carbonyl (C=O) groups is 3. The maximum Gasteiger partial charge on any atom is 0.422 e. The van der Waals surface area contributed by atoms with Gasteiger partial charge in [0.2, 0.25) is 5.89 Å². The molecule has 16 heteroatoms. The molecule has 11 nitrogen and oxygen atoms in total. The van der Waals surface area contributed by atoms with Gasteiger partial charge < -0.3 is 19.3 Å². The van der Waals surface area contributed by atoms with Gasteiger partial charge in [0.1, 0.15) is 18.4 Å². The van der Waals surface area contributed by atoms with E-state index in [2.05, 4.69) is 30.4 Å². The van der Waals surface area contributed by atoms with Crippen LogP contribution in [0.5, 0.6) is 0 Å². The van der Waals surface area contributed by atoms with Crippen molar-refractivity contribution < 1.29 is 45.5 Å². The Kier molecular flexibility index (Phi) is 9.15. The molecule has 4 rings (SSSR count). The lowest BCUT2D eigenvalue weighted by Gasteiger charge is -2.25. The quantitative estimate of drug-likeness (QED) is 0.218. The first-order valence-corrected chi connectivity index (χ1v) is 13.3. The number of oxazole rings is 1. The summed E-state index contributed by atoms with van der Waals surface area (Å²) in [5.41, 5.74) is -1.26. The minimum absolute atomic E-state index is 0.0730. The number of aldehydes is 1. The summed E-state index contributed by atoms with van der Waals surface area (Å²) < 4.78 is 76.1. The van der Waals surface area contributed by atoms with Crippen LogP contribution >= 0.6 is 0 Å². The second-order valence-electron chi connectivity index (χ2n) is 11.1. The van der Waals surface area contributed by atoms with Crippen LogP contribution in [0.4, 0.5) is 38.3 Å². The van der Waals surface area contributed by atoms with Crippen LogP contribution in [-0.4, -0.2) is 50.8 Å². The van der Waals surface area contributed by atoms with Crippen LogP contribution in [0.3, 0.4) is 0 Å². The predicted octanol–water partition coefficient (Wildman–Crippen LogP) is 6.46. The van der Waals surface area contributed by atoms with Crippen LogP contribution in [0.2, 0.25) is 0 Å². The molecule has 0 spiro atoms. The SMILES string of the molecule is CC(C)(C)c1c(-c2nc(C(=O)Nc3cn(C4CCC(C=O)CC4)nc3C(F)F)co2)ccnc1NC(=O)OCC(F)(F)F. The molecule has 0 aromatic carbocycles. The number of aromatic nitrogens is 4. The number of amides is 2. The molecule has 1 aliphatic rings. The topological polar surface area (TPSA) is 141 Å². The molecule has 0 aliphatic heterocycles. The maximum absolute atomic E-state index is 13.8. The van der Waals surface area contributed by atoms with E-state index >= 15 is 0 Å². The van der Waals surface area contributed by atoms with Crippen molar-refractivity contribution in [1.82, 2.24) is 19.7 Å². The third-order valence-electron chi connectivity index (χ3n) is 6.78. The smallest absolute Gasteiger partial charge is 0.422 e. The van der Waals surface area contributed by atoms with Gasteiger partial charge in [-0.3, -0.25) is 14.8 Å². The normalized spacial score (nSPS) is 17.5. The largest absolute Gasteiger partial charge is 0.444 e. The Morgan fingerprint density at radius 3 is 2.47 bits per heavy atom. The van der Waals surface area contributed by atoms with E-state index in [1.807, 2.05) is 0 Å². The van der Waals surface area contributed by atoms with E-state index in [1.165, 1.54) is 23.1 Å². The van der Waals surface area contributed by atoms with Crippen molar-refractivity contribution in [2.75, 3.05) is 17.2 Å². The lowest BCUT2D eigenvalue weighted by atomic mass is 9.84. The summed E-state index contributed by atoms with van der Waals surface area (Å²) in [6.45, 7) is 3.43. The van der Waals surface area contributed by atoms with Crippen LogP contribution in [0.25, 0.3) is 11.5 Å². The Bertz CT molecular complexity index is 1470. The zero-order chi connectivity index (χ0) is 31.5. The Morgan fingerprint density at radius 1 is 1.16 bits per heavy atom. The molecule has 1 aliphatic carbocycles. The van der Waals surface area contributed by atoms with Crippen molar-refractivity contribution >= 4 is 29.8 Å². The number of anilines is 2. The molecule has 2 amide bonds. The molecule has 43 heavy (non-hydrogen) atoms. The molecular formula is C27H29F5N6O5. The van der Waals surface area contributed by atoms with Crippen LogP contribution in [0.1, 0.15) is 80.7 Å². The number of alkyl halides is 5. The lowest BCUT2D eigenvalue weighted by molar-refractivity contribution is -0.159. The van der Waals surface area contributed by atoms with Crippen LogP contribution in [0, 0.1) is 5.92 Å². The number of hydrogen-bond acceptors (Lipinski definition) is 8. The Balaban J connectivity index is 1.56. The van der Waals surface area contributed by atoms with Crippen LogP contribution in [0.15, 0.2) is 29.1 Å². The summed E-state index contributed by atoms with van der Waals surface area (Å²) in [7, 11) is 0. The molecule has 0 unspecified atom stereocenters. The fraction of sp³-hybridized carbons (Fsp3) is 0.481. The van der Waals surface area contributed by atoms with Crippen LogP contribution in [-0.2, 0) is 14.9 Å². The summed E-state index contributed by atoms with van der Waals surface area (Å²) in [6, 6.07) is 1.27. The number of pyridine rings is 1. The zero-order valence-electron chi connectivity index (χ0n) is 23.4. The molecule has 1 saturated carbocycles. The van der Waals surface area contributed by atoms with Gasteiger partial charge in [-0.25, -0.2) is 23.5 Å². The van der Waals surface area contributed by atoms with Gasteiger partial charge in [0.25, 0.3) is 12.3 Å². The van der Waals surface area contributed by atoms with Gasteiger partial charge in [-0.05, 0) is 37.2 Å². The number of halogens is 5. The third-order valence-corrected chi connectivity index (χ3v) is 6.78. The van der Waals surface area contributed by atoms with Gasteiger partial charge in [-0.15, -0.1) is 0 Å². The highest BCUT2D eigenvalue weighted by atomic mass is 19.4. The Hall–Kier alpha value is -4.37. The van der Waals surface area contributed by atoms with E-state index < -0.39 is 42.3 Å². The number of nitrogens with zero attached hydrogens (tertiary/aromatic N) is 4. The minimum Gasteiger partial charge on any atom is -0.444 e. The average molecular weight is 613 g/mol. The molecule has 3 heterocycles. The molecule has 0 saturated heterocycles. The standard InChI is InChI=1S/C27H29F5N6O5/c1-26(2,3)19-16(8-9-33-22(19)36-25(41)43-13-27(30,31)32)24-35-18(12-42-24)23(40)34-17-10-38(37-20(17)21(28)29)15-6-4-14(11-39)5-7-15/h8-12,14-15,21H,4-7,13H2,1-3H3,(H,34,40)(H,33,36,41). The molecule has 1 fully saturated rings. The van der Waals surface area contributed by atoms with E-state index in [-0.39, 0.29) is 40.6 Å². The van der Waals surface area contributed by atoms with Crippen molar-refractivity contribution in [2.45, 2.75) is 70.5 Å². The van der Waals surface area contributed by atoms with Gasteiger partial charge in [0.05, 0.1) is 11.7 Å². The average Bonchev–Trinajstić information content (AvgIpc) is 3.59. The molecule has 0 radical (unpaired) electrons. The van der Waals surface area contributed by atoms with Gasteiger partial charge in [0.15, 0.2) is 18.0 Å². The van der Waals surface area contributed by atoms with Gasteiger partial charge in [-0.2, -0.15) is 18.3 Å². The Labute approximate surface area is 242 Å². The first kappa shape index (κ1) is 31.6. The second kappa shape index (κ2) is 12.5. The molecule has 0 bridgehead atoms. The van der Waals surface area contributed by atoms with Gasteiger partial charge in [-0.1, -0.05) is 20.8 Å². The number of rotatable bonds is 8. The molecule has 3 aromatic heterocycles. The number of hydrogen-bond donors (Lipinski definition) is 2. The molecule has 0 atom stereocenters. The van der Waals surface area contributed by atoms with Gasteiger partial charge >= 0.3 is 12.3 Å². The van der Waals surface area contributed by atoms with Crippen molar-refractivity contribution in [3.63, 3.8) is 0 Å². The zero-order valence-corrected chi connectivity index (χ0v) is 23.4. The fourth-order valence-electron chi connectivity index (χ4n) is 4.81. The van der Waals surface area contributed by atoms with E-state index in [9.17, 15) is 36.3 Å². The van der Waals surface area contributed by atoms with E-state index in [0.29, 0.717) is 31.2 Å². The summed E-state index contributed by atoms with van der Waals surface area (Å²) >= 11 is 0. The van der Waals surface area contributed by atoms with Crippen molar-refractivity contribution in [3.8, 4) is 11.5 Å². The molecule has 232 valence electrons. The minimum atomic E-state index is -4.72. The third kappa shape index (κ3) is 7.73. The highest BCUT2D eigenvalue weighted by Crippen LogP contribution is 2.38. The molecule has 3 aromatic rings. The van der Waals surface area contributed by atoms with E-state index in [0.717, 1.165) is 12.5 Å². The molecule has 2 N–H and O–H groups in total. The maximum atomic E-state index is 13.8. The second-order valence-corrected chi connectivity index (χ2v) is 11.1. The highest BCUT2D eigenvalue weighted by Gasteiger charge is 2.32. The summed E-state index contributed by atoms with van der Waals surface area (Å²) in [5, 5.41) is 8.59. The first-order valence-electron chi connectivity index (χ1n) is 13.3. The van der Waals surface area contributed by atoms with Crippen molar-refractivity contribution in [3.05, 3.63) is 41.7 Å². The van der Waals surface area contributed by atoms with Crippen molar-refractivity contribution in [1.29, 1.82) is 0 Å². The fourth-order valence-corrected chi connectivity index (χ4v) is 4.81. The highest BCUT2D eigenvalue weighted by molar-refractivity contribution is 6.03. The lowest BCUT2D eigenvalue weighted by Crippen LogP contribution is -2.25. The summed E-state index contributed by atoms with van der Waals surface area (Å²) in [5.74, 6) is -1.14. The number of ether oxygens (including phenoxy) is 1.